The van der Waals surface area contributed by atoms with Crippen LogP contribution in [0.3, 0.4) is 0 Å². The third kappa shape index (κ3) is 9.12. The fourth-order valence-electron chi connectivity index (χ4n) is 2.49. The predicted octanol–water partition coefficient (Wildman–Crippen LogP) is 1.51. The lowest BCUT2D eigenvalue weighted by atomic mass is 10.1. The third-order valence-corrected chi connectivity index (χ3v) is 6.70. The summed E-state index contributed by atoms with van der Waals surface area (Å²) in [6, 6.07) is 19.3. The van der Waals surface area contributed by atoms with Crippen molar-refractivity contribution in [3.63, 3.8) is 0 Å². The fraction of sp³-hybridized carbons (Fsp3) is 0.333. The van der Waals surface area contributed by atoms with Gasteiger partial charge in [0, 0.05) is 13.1 Å². The number of rotatable bonds is 12. The summed E-state index contributed by atoms with van der Waals surface area (Å²) in [6.45, 7) is 0.293. The van der Waals surface area contributed by atoms with Gasteiger partial charge in [-0.15, -0.1) is 0 Å². The molecule has 0 amide bonds. The maximum Gasteiger partial charge on any atom is 0.291 e. The first kappa shape index (κ1) is 21.5. The highest BCUT2D eigenvalue weighted by molar-refractivity contribution is 8.02. The second-order valence-electron chi connectivity index (χ2n) is 6.06. The lowest BCUT2D eigenvalue weighted by Crippen LogP contribution is -2.46. The second-order valence-corrected chi connectivity index (χ2v) is 9.31. The first-order chi connectivity index (χ1) is 12.9. The first-order valence-electron chi connectivity index (χ1n) is 8.72. The van der Waals surface area contributed by atoms with Gasteiger partial charge in [0.2, 0.25) is 0 Å². The van der Waals surface area contributed by atoms with Crippen molar-refractivity contribution in [2.45, 2.75) is 25.7 Å². The van der Waals surface area contributed by atoms with Gasteiger partial charge in [-0.1, -0.05) is 64.8 Å². The molecule has 2 aromatic carbocycles. The molecule has 0 aromatic heterocycles. The van der Waals surface area contributed by atoms with Crippen molar-refractivity contribution in [2.24, 2.45) is 0 Å². The van der Waals surface area contributed by atoms with E-state index in [2.05, 4.69) is 9.44 Å². The minimum atomic E-state index is -4.13. The van der Waals surface area contributed by atoms with Crippen LogP contribution in [0.5, 0.6) is 0 Å². The molecule has 9 heteroatoms. The molecule has 27 heavy (non-hydrogen) atoms. The SMILES string of the molecule is O=S(=O)(NCCCc1ccccc1)NS(=O)(=O)NCCCc1ccccc1. The molecular weight excluding hydrogens is 386 g/mol. The van der Waals surface area contributed by atoms with Crippen LogP contribution < -0.4 is 13.6 Å². The van der Waals surface area contributed by atoms with Gasteiger partial charge >= 0.3 is 0 Å². The Labute approximate surface area is 161 Å². The molecule has 2 aromatic rings. The molecule has 0 saturated carbocycles. The maximum atomic E-state index is 11.9. The third-order valence-electron chi connectivity index (χ3n) is 3.77. The summed E-state index contributed by atoms with van der Waals surface area (Å²) in [5, 5.41) is 0. The Bertz CT molecular complexity index is 811. The van der Waals surface area contributed by atoms with E-state index >= 15 is 0 Å². The van der Waals surface area contributed by atoms with Gasteiger partial charge in [0.1, 0.15) is 0 Å². The van der Waals surface area contributed by atoms with Crippen molar-refractivity contribution in [1.29, 1.82) is 0 Å². The molecule has 0 spiro atoms. The minimum absolute atomic E-state index is 0.147. The van der Waals surface area contributed by atoms with E-state index in [1.165, 1.54) is 0 Å². The van der Waals surface area contributed by atoms with E-state index in [1.54, 1.807) is 4.13 Å². The molecule has 0 aliphatic rings. The molecule has 0 fully saturated rings. The van der Waals surface area contributed by atoms with Crippen LogP contribution in [-0.2, 0) is 33.3 Å². The number of hydrogen-bond acceptors (Lipinski definition) is 4. The normalized spacial score (nSPS) is 12.1. The summed E-state index contributed by atoms with van der Waals surface area (Å²) in [4.78, 5) is 0. The van der Waals surface area contributed by atoms with Crippen LogP contribution in [0.15, 0.2) is 60.7 Å². The van der Waals surface area contributed by atoms with Gasteiger partial charge < -0.3 is 0 Å². The molecule has 0 heterocycles. The van der Waals surface area contributed by atoms with Gasteiger partial charge in [-0.05, 0) is 36.8 Å². The van der Waals surface area contributed by atoms with Crippen LogP contribution in [0, 0.1) is 0 Å². The zero-order valence-electron chi connectivity index (χ0n) is 15.0. The lowest BCUT2D eigenvalue weighted by molar-refractivity contribution is 0.558. The summed E-state index contributed by atoms with van der Waals surface area (Å²) in [7, 11) is -8.27. The molecule has 0 aliphatic heterocycles. The Balaban J connectivity index is 1.67. The molecule has 7 nitrogen and oxygen atoms in total. The average molecular weight is 412 g/mol. The number of hydrogen-bond donors (Lipinski definition) is 3. The van der Waals surface area contributed by atoms with Gasteiger partial charge in [0.25, 0.3) is 20.4 Å². The van der Waals surface area contributed by atoms with Gasteiger partial charge in [-0.25, -0.2) is 9.44 Å². The molecule has 0 bridgehead atoms. The summed E-state index contributed by atoms with van der Waals surface area (Å²) in [6.07, 6.45) is 2.53. The van der Waals surface area contributed by atoms with Crippen LogP contribution in [0.1, 0.15) is 24.0 Å². The summed E-state index contributed by atoms with van der Waals surface area (Å²) in [5.41, 5.74) is 2.19. The van der Waals surface area contributed by atoms with Gasteiger partial charge in [-0.3, -0.25) is 0 Å². The quantitative estimate of drug-likeness (QED) is 0.461. The van der Waals surface area contributed by atoms with E-state index in [1.807, 2.05) is 60.7 Å². The highest BCUT2D eigenvalue weighted by Crippen LogP contribution is 2.02. The van der Waals surface area contributed by atoms with E-state index < -0.39 is 20.4 Å². The maximum absolute atomic E-state index is 11.9. The minimum Gasteiger partial charge on any atom is -0.201 e. The Morgan fingerprint density at radius 3 is 1.33 bits per heavy atom. The van der Waals surface area contributed by atoms with Gasteiger partial charge in [0.15, 0.2) is 0 Å². The first-order valence-corrected chi connectivity index (χ1v) is 11.7. The summed E-state index contributed by atoms with van der Waals surface area (Å²) >= 11 is 0. The average Bonchev–Trinajstić information content (AvgIpc) is 2.63. The standard InChI is InChI=1S/C18H25N3O4S2/c22-26(23,19-15-7-13-17-9-3-1-4-10-17)21-27(24,25)20-16-8-14-18-11-5-2-6-12-18/h1-6,9-12,19-21H,7-8,13-16H2. The molecule has 148 valence electrons. The van der Waals surface area contributed by atoms with Crippen LogP contribution in [0.25, 0.3) is 0 Å². The van der Waals surface area contributed by atoms with Crippen molar-refractivity contribution in [1.82, 2.24) is 13.6 Å². The van der Waals surface area contributed by atoms with Crippen LogP contribution >= 0.6 is 0 Å². The van der Waals surface area contributed by atoms with Crippen molar-refractivity contribution >= 4 is 20.4 Å². The van der Waals surface area contributed by atoms with Gasteiger partial charge in [0.05, 0.1) is 0 Å². The summed E-state index contributed by atoms with van der Waals surface area (Å²) in [5.74, 6) is 0. The lowest BCUT2D eigenvalue weighted by Gasteiger charge is -2.10. The van der Waals surface area contributed by atoms with Crippen LogP contribution in [0.2, 0.25) is 0 Å². The molecule has 0 aliphatic carbocycles. The molecular formula is C18H25N3O4S2. The Kier molecular flexibility index (Phi) is 8.39. The monoisotopic (exact) mass is 411 g/mol. The Morgan fingerprint density at radius 1 is 0.593 bits per heavy atom. The van der Waals surface area contributed by atoms with Crippen molar-refractivity contribution < 1.29 is 16.8 Å². The molecule has 0 unspecified atom stereocenters. The molecule has 0 radical (unpaired) electrons. The largest absolute Gasteiger partial charge is 0.291 e. The zero-order valence-corrected chi connectivity index (χ0v) is 16.6. The van der Waals surface area contributed by atoms with E-state index in [0.717, 1.165) is 11.1 Å². The number of benzene rings is 2. The summed E-state index contributed by atoms with van der Waals surface area (Å²) < 4.78 is 53.6. The molecule has 0 saturated heterocycles. The van der Waals surface area contributed by atoms with E-state index in [0.29, 0.717) is 25.7 Å². The van der Waals surface area contributed by atoms with Gasteiger partial charge in [-0.2, -0.15) is 16.8 Å². The molecule has 2 rings (SSSR count). The Morgan fingerprint density at radius 2 is 0.963 bits per heavy atom. The fourth-order valence-corrected chi connectivity index (χ4v) is 4.94. The highest BCUT2D eigenvalue weighted by atomic mass is 32.3. The Hall–Kier alpha value is -1.78. The molecule has 0 atom stereocenters. The number of aryl methyl sites for hydroxylation is 2. The van der Waals surface area contributed by atoms with Crippen LogP contribution in [0.4, 0.5) is 0 Å². The predicted molar refractivity (Wildman–Crippen MR) is 107 cm³/mol. The molecule has 3 N–H and O–H groups in total. The van der Waals surface area contributed by atoms with Crippen molar-refractivity contribution in [3.05, 3.63) is 71.8 Å². The van der Waals surface area contributed by atoms with Crippen molar-refractivity contribution in [3.8, 4) is 0 Å². The number of nitrogens with one attached hydrogen (secondary N) is 3. The second kappa shape index (κ2) is 10.5. The van der Waals surface area contributed by atoms with E-state index in [9.17, 15) is 16.8 Å². The highest BCUT2D eigenvalue weighted by Gasteiger charge is 2.19. The topological polar surface area (TPSA) is 104 Å². The van der Waals surface area contributed by atoms with Crippen LogP contribution in [-0.4, -0.2) is 29.9 Å². The zero-order chi connectivity index (χ0) is 19.6. The smallest absolute Gasteiger partial charge is 0.201 e. The van der Waals surface area contributed by atoms with E-state index in [4.69, 9.17) is 0 Å². The van der Waals surface area contributed by atoms with Crippen molar-refractivity contribution in [2.75, 3.05) is 13.1 Å². The van der Waals surface area contributed by atoms with E-state index in [-0.39, 0.29) is 13.1 Å².